The third kappa shape index (κ3) is 4.44. The molecule has 1 aromatic rings. The molecular formula is C11H13FO3. The smallest absolute Gasteiger partial charge is 0.344 e. The predicted molar refractivity (Wildman–Crippen MR) is 53.1 cm³/mol. The normalized spacial score (nSPS) is 10.1. The Hall–Kier alpha value is -1.58. The van der Waals surface area contributed by atoms with Gasteiger partial charge < -0.3 is 9.47 Å². The van der Waals surface area contributed by atoms with Gasteiger partial charge in [0.05, 0.1) is 6.10 Å². The molecule has 0 aromatic heterocycles. The van der Waals surface area contributed by atoms with E-state index < -0.39 is 5.97 Å². The van der Waals surface area contributed by atoms with Gasteiger partial charge in [0.15, 0.2) is 6.61 Å². The van der Waals surface area contributed by atoms with Crippen molar-refractivity contribution in [2.75, 3.05) is 6.61 Å². The van der Waals surface area contributed by atoms with Crippen LogP contribution in [0.4, 0.5) is 4.39 Å². The molecule has 0 saturated carbocycles. The van der Waals surface area contributed by atoms with E-state index in [-0.39, 0.29) is 18.5 Å². The molecular weight excluding hydrogens is 199 g/mol. The largest absolute Gasteiger partial charge is 0.482 e. The molecule has 0 radical (unpaired) electrons. The van der Waals surface area contributed by atoms with Crippen LogP contribution >= 0.6 is 0 Å². The average Bonchev–Trinajstić information content (AvgIpc) is 2.16. The molecule has 0 aliphatic carbocycles. The summed E-state index contributed by atoms with van der Waals surface area (Å²) in [5, 5.41) is 0. The molecule has 82 valence electrons. The summed E-state index contributed by atoms with van der Waals surface area (Å²) >= 11 is 0. The highest BCUT2D eigenvalue weighted by Crippen LogP contribution is 2.10. The fraction of sp³-hybridized carbons (Fsp3) is 0.364. The van der Waals surface area contributed by atoms with Crippen molar-refractivity contribution in [1.29, 1.82) is 0 Å². The predicted octanol–water partition coefficient (Wildman–Crippen LogP) is 2.16. The lowest BCUT2D eigenvalue weighted by atomic mass is 10.3. The minimum absolute atomic E-state index is 0.158. The third-order valence-corrected chi connectivity index (χ3v) is 1.54. The van der Waals surface area contributed by atoms with Crippen molar-refractivity contribution < 1.29 is 18.7 Å². The summed E-state index contributed by atoms with van der Waals surface area (Å²) in [5.41, 5.74) is 0. The SMILES string of the molecule is CC(C)OC(=O)COc1ccc(F)cc1. The van der Waals surface area contributed by atoms with Crippen molar-refractivity contribution in [3.63, 3.8) is 0 Å². The Bertz CT molecular complexity index is 319. The lowest BCUT2D eigenvalue weighted by molar-refractivity contribution is -0.149. The van der Waals surface area contributed by atoms with Gasteiger partial charge >= 0.3 is 5.97 Å². The van der Waals surface area contributed by atoms with E-state index in [0.29, 0.717) is 5.75 Å². The quantitative estimate of drug-likeness (QED) is 0.717. The van der Waals surface area contributed by atoms with Gasteiger partial charge in [-0.25, -0.2) is 9.18 Å². The summed E-state index contributed by atoms with van der Waals surface area (Å²) in [4.78, 5) is 11.1. The molecule has 1 aromatic carbocycles. The van der Waals surface area contributed by atoms with Crippen molar-refractivity contribution in [3.8, 4) is 5.75 Å². The molecule has 0 bridgehead atoms. The maximum Gasteiger partial charge on any atom is 0.344 e. The fourth-order valence-electron chi connectivity index (χ4n) is 0.970. The molecule has 4 heteroatoms. The van der Waals surface area contributed by atoms with Gasteiger partial charge in [-0.15, -0.1) is 0 Å². The van der Waals surface area contributed by atoms with Crippen molar-refractivity contribution in [2.24, 2.45) is 0 Å². The van der Waals surface area contributed by atoms with Gasteiger partial charge in [0.1, 0.15) is 11.6 Å². The van der Waals surface area contributed by atoms with Crippen molar-refractivity contribution in [2.45, 2.75) is 20.0 Å². The standard InChI is InChI=1S/C11H13FO3/c1-8(2)15-11(13)7-14-10-5-3-9(12)4-6-10/h3-6,8H,7H2,1-2H3. The number of carbonyl (C=O) groups excluding carboxylic acids is 1. The molecule has 0 aliphatic heterocycles. The third-order valence-electron chi connectivity index (χ3n) is 1.54. The summed E-state index contributed by atoms with van der Waals surface area (Å²) in [5.74, 6) is -0.335. The number of ether oxygens (including phenoxy) is 2. The molecule has 15 heavy (non-hydrogen) atoms. The molecule has 0 aliphatic rings. The second-order valence-electron chi connectivity index (χ2n) is 3.28. The highest BCUT2D eigenvalue weighted by atomic mass is 19.1. The van der Waals surface area contributed by atoms with Crippen molar-refractivity contribution in [3.05, 3.63) is 30.1 Å². The molecule has 1 rings (SSSR count). The molecule has 0 spiro atoms. The monoisotopic (exact) mass is 212 g/mol. The summed E-state index contributed by atoms with van der Waals surface area (Å²) in [6.07, 6.45) is -0.158. The van der Waals surface area contributed by atoms with E-state index in [1.54, 1.807) is 13.8 Å². The molecule has 0 amide bonds. The van der Waals surface area contributed by atoms with Gasteiger partial charge in [0.25, 0.3) is 0 Å². The van der Waals surface area contributed by atoms with Crippen LogP contribution in [-0.2, 0) is 9.53 Å². The Morgan fingerprint density at radius 3 is 2.47 bits per heavy atom. The zero-order valence-corrected chi connectivity index (χ0v) is 8.70. The van der Waals surface area contributed by atoms with Crippen LogP contribution in [0.1, 0.15) is 13.8 Å². The topological polar surface area (TPSA) is 35.5 Å². The van der Waals surface area contributed by atoms with E-state index in [9.17, 15) is 9.18 Å². The molecule has 0 N–H and O–H groups in total. The molecule has 0 fully saturated rings. The van der Waals surface area contributed by atoms with Gasteiger partial charge in [-0.05, 0) is 38.1 Å². The second kappa shape index (κ2) is 5.34. The zero-order chi connectivity index (χ0) is 11.3. The lowest BCUT2D eigenvalue weighted by Gasteiger charge is -2.08. The number of hydrogen-bond donors (Lipinski definition) is 0. The Kier molecular flexibility index (Phi) is 4.09. The molecule has 0 saturated heterocycles. The number of rotatable bonds is 4. The number of halogens is 1. The first-order valence-electron chi connectivity index (χ1n) is 4.66. The van der Waals surface area contributed by atoms with Gasteiger partial charge in [0, 0.05) is 0 Å². The van der Waals surface area contributed by atoms with Crippen LogP contribution < -0.4 is 4.74 Å². The summed E-state index contributed by atoms with van der Waals surface area (Å²) in [6, 6.07) is 5.45. The number of hydrogen-bond acceptors (Lipinski definition) is 3. The minimum atomic E-state index is -0.436. The maximum absolute atomic E-state index is 12.5. The van der Waals surface area contributed by atoms with Crippen molar-refractivity contribution in [1.82, 2.24) is 0 Å². The van der Waals surface area contributed by atoms with Crippen LogP contribution in [0.3, 0.4) is 0 Å². The Morgan fingerprint density at radius 2 is 1.93 bits per heavy atom. The van der Waals surface area contributed by atoms with Crippen LogP contribution in [0.2, 0.25) is 0 Å². The summed E-state index contributed by atoms with van der Waals surface area (Å²) in [6.45, 7) is 3.36. The molecule has 0 atom stereocenters. The fourth-order valence-corrected chi connectivity index (χ4v) is 0.970. The highest BCUT2D eigenvalue weighted by Gasteiger charge is 2.06. The van der Waals surface area contributed by atoms with E-state index in [0.717, 1.165) is 0 Å². The number of esters is 1. The Morgan fingerprint density at radius 1 is 1.33 bits per heavy atom. The van der Waals surface area contributed by atoms with E-state index >= 15 is 0 Å². The van der Waals surface area contributed by atoms with Crippen molar-refractivity contribution >= 4 is 5.97 Å². The molecule has 0 heterocycles. The van der Waals surface area contributed by atoms with E-state index in [4.69, 9.17) is 9.47 Å². The van der Waals surface area contributed by atoms with Gasteiger partial charge in [-0.1, -0.05) is 0 Å². The first kappa shape index (κ1) is 11.5. The Labute approximate surface area is 87.8 Å². The van der Waals surface area contributed by atoms with Crippen LogP contribution in [0.25, 0.3) is 0 Å². The van der Waals surface area contributed by atoms with Crippen LogP contribution in [0, 0.1) is 5.82 Å². The summed E-state index contributed by atoms with van der Waals surface area (Å²) < 4.78 is 22.5. The first-order valence-corrected chi connectivity index (χ1v) is 4.66. The van der Waals surface area contributed by atoms with Gasteiger partial charge in [-0.2, -0.15) is 0 Å². The highest BCUT2D eigenvalue weighted by molar-refractivity contribution is 5.71. The van der Waals surface area contributed by atoms with Crippen LogP contribution in [-0.4, -0.2) is 18.7 Å². The van der Waals surface area contributed by atoms with Crippen LogP contribution in [0.15, 0.2) is 24.3 Å². The minimum Gasteiger partial charge on any atom is -0.482 e. The second-order valence-corrected chi connectivity index (χ2v) is 3.28. The summed E-state index contributed by atoms with van der Waals surface area (Å²) in [7, 11) is 0. The van der Waals surface area contributed by atoms with E-state index in [1.165, 1.54) is 24.3 Å². The number of carbonyl (C=O) groups is 1. The van der Waals surface area contributed by atoms with E-state index in [2.05, 4.69) is 0 Å². The average molecular weight is 212 g/mol. The molecule has 3 nitrogen and oxygen atoms in total. The number of benzene rings is 1. The zero-order valence-electron chi connectivity index (χ0n) is 8.70. The first-order chi connectivity index (χ1) is 7.08. The lowest BCUT2D eigenvalue weighted by Crippen LogP contribution is -2.18. The Balaban J connectivity index is 2.37. The molecule has 0 unspecified atom stereocenters. The van der Waals surface area contributed by atoms with Gasteiger partial charge in [-0.3, -0.25) is 0 Å². The maximum atomic E-state index is 12.5. The van der Waals surface area contributed by atoms with Crippen LogP contribution in [0.5, 0.6) is 5.75 Å². The van der Waals surface area contributed by atoms with E-state index in [1.807, 2.05) is 0 Å². The van der Waals surface area contributed by atoms with Gasteiger partial charge in [0.2, 0.25) is 0 Å².